The predicted molar refractivity (Wildman–Crippen MR) is 100 cm³/mol. The van der Waals surface area contributed by atoms with Crippen molar-refractivity contribution >= 4 is 33.1 Å². The Morgan fingerprint density at radius 1 is 1.14 bits per heavy atom. The molecule has 0 aromatic heterocycles. The quantitative estimate of drug-likeness (QED) is 0.547. The van der Waals surface area contributed by atoms with Crippen LogP contribution in [0.25, 0.3) is 0 Å². The molecule has 2 N–H and O–H groups in total. The maximum atomic E-state index is 12.6. The third-order valence-electron chi connectivity index (χ3n) is 4.21. The van der Waals surface area contributed by atoms with Crippen LogP contribution in [0.2, 0.25) is 0 Å². The van der Waals surface area contributed by atoms with Gasteiger partial charge in [-0.25, -0.2) is 13.2 Å². The van der Waals surface area contributed by atoms with E-state index in [1.807, 2.05) is 4.90 Å². The van der Waals surface area contributed by atoms with Crippen LogP contribution >= 0.6 is 0 Å². The van der Waals surface area contributed by atoms with Crippen molar-refractivity contribution in [3.8, 4) is 0 Å². The van der Waals surface area contributed by atoms with Gasteiger partial charge in [-0.05, 0) is 36.4 Å². The van der Waals surface area contributed by atoms with Crippen molar-refractivity contribution in [2.75, 3.05) is 35.9 Å². The van der Waals surface area contributed by atoms with Crippen molar-refractivity contribution in [1.82, 2.24) is 0 Å². The topological polar surface area (TPSA) is 139 Å². The zero-order chi connectivity index (χ0) is 20.3. The Bertz CT molecular complexity index is 1000. The number of nitrogens with one attached hydrogen (secondary N) is 1. The minimum absolute atomic E-state index is 0.0701. The van der Waals surface area contributed by atoms with Gasteiger partial charge in [-0.15, -0.1) is 0 Å². The summed E-state index contributed by atoms with van der Waals surface area (Å²) in [7, 11) is -4.15. The predicted octanol–water partition coefficient (Wildman–Crippen LogP) is 1.93. The second-order valence-corrected chi connectivity index (χ2v) is 7.68. The maximum absolute atomic E-state index is 12.6. The van der Waals surface area contributed by atoms with Crippen LogP contribution in [0.1, 0.15) is 10.4 Å². The van der Waals surface area contributed by atoms with Crippen LogP contribution < -0.4 is 9.62 Å². The van der Waals surface area contributed by atoms with Crippen LogP contribution in [0, 0.1) is 10.1 Å². The lowest BCUT2D eigenvalue weighted by Crippen LogP contribution is -2.36. The van der Waals surface area contributed by atoms with E-state index in [1.54, 1.807) is 6.07 Å². The molecule has 0 amide bonds. The molecule has 1 aliphatic heterocycles. The van der Waals surface area contributed by atoms with E-state index in [2.05, 4.69) is 4.72 Å². The van der Waals surface area contributed by atoms with Crippen LogP contribution in [0.3, 0.4) is 0 Å². The minimum atomic E-state index is -4.15. The molecule has 0 aliphatic carbocycles. The summed E-state index contributed by atoms with van der Waals surface area (Å²) in [4.78, 5) is 23.3. The fourth-order valence-corrected chi connectivity index (χ4v) is 3.83. The van der Waals surface area contributed by atoms with Gasteiger partial charge in [0, 0.05) is 24.8 Å². The number of anilines is 2. The first-order valence-electron chi connectivity index (χ1n) is 8.25. The van der Waals surface area contributed by atoms with E-state index >= 15 is 0 Å². The number of aromatic carboxylic acids is 1. The Morgan fingerprint density at radius 2 is 1.79 bits per heavy atom. The second kappa shape index (κ2) is 7.82. The van der Waals surface area contributed by atoms with Gasteiger partial charge in [0.05, 0.1) is 28.6 Å². The maximum Gasteiger partial charge on any atom is 0.335 e. The average molecular weight is 407 g/mol. The van der Waals surface area contributed by atoms with E-state index in [9.17, 15) is 23.3 Å². The normalized spacial score (nSPS) is 14.5. The van der Waals surface area contributed by atoms with Gasteiger partial charge >= 0.3 is 5.97 Å². The molecule has 0 saturated carbocycles. The lowest BCUT2D eigenvalue weighted by molar-refractivity contribution is -0.383. The number of sulfonamides is 1. The van der Waals surface area contributed by atoms with Gasteiger partial charge in [0.2, 0.25) is 0 Å². The molecule has 0 spiro atoms. The summed E-state index contributed by atoms with van der Waals surface area (Å²) in [5.74, 6) is -1.19. The molecule has 2 aromatic carbocycles. The molecule has 0 unspecified atom stereocenters. The summed E-state index contributed by atoms with van der Waals surface area (Å²) in [5.41, 5.74) is 0.00566. The molecule has 1 aliphatic rings. The largest absolute Gasteiger partial charge is 0.478 e. The third-order valence-corrected chi connectivity index (χ3v) is 5.59. The fourth-order valence-electron chi connectivity index (χ4n) is 2.76. The highest BCUT2D eigenvalue weighted by Gasteiger charge is 2.23. The van der Waals surface area contributed by atoms with Crippen molar-refractivity contribution in [3.05, 3.63) is 58.1 Å². The average Bonchev–Trinajstić information content (AvgIpc) is 2.68. The molecule has 11 heteroatoms. The van der Waals surface area contributed by atoms with Crippen LogP contribution in [0.4, 0.5) is 17.1 Å². The number of nitro benzene ring substituents is 1. The highest BCUT2D eigenvalue weighted by atomic mass is 32.2. The molecule has 0 atom stereocenters. The molecule has 0 radical (unpaired) electrons. The summed E-state index contributed by atoms with van der Waals surface area (Å²) in [5, 5.41) is 20.2. The monoisotopic (exact) mass is 407 g/mol. The lowest BCUT2D eigenvalue weighted by Gasteiger charge is -2.29. The van der Waals surface area contributed by atoms with Crippen molar-refractivity contribution in [2.24, 2.45) is 0 Å². The van der Waals surface area contributed by atoms with E-state index in [4.69, 9.17) is 9.84 Å². The second-order valence-electron chi connectivity index (χ2n) is 5.99. The van der Waals surface area contributed by atoms with Crippen molar-refractivity contribution < 1.29 is 28.0 Å². The Labute approximate surface area is 160 Å². The number of nitro groups is 1. The van der Waals surface area contributed by atoms with Crippen LogP contribution in [0.5, 0.6) is 0 Å². The van der Waals surface area contributed by atoms with Crippen LogP contribution in [-0.2, 0) is 14.8 Å². The van der Waals surface area contributed by atoms with E-state index in [0.717, 1.165) is 24.3 Å². The third kappa shape index (κ3) is 4.21. The first-order valence-corrected chi connectivity index (χ1v) is 9.73. The SMILES string of the molecule is O=C(O)c1ccc(S(=O)(=O)Nc2cc(N3CCOCC3)ccc2[N+](=O)[O-])cc1. The van der Waals surface area contributed by atoms with E-state index in [1.165, 1.54) is 12.1 Å². The smallest absolute Gasteiger partial charge is 0.335 e. The molecule has 1 saturated heterocycles. The molecule has 0 bridgehead atoms. The Kier molecular flexibility index (Phi) is 5.47. The molecule has 28 heavy (non-hydrogen) atoms. The van der Waals surface area contributed by atoms with Gasteiger partial charge in [0.25, 0.3) is 15.7 Å². The van der Waals surface area contributed by atoms with Crippen LogP contribution in [-0.4, -0.2) is 50.7 Å². The van der Waals surface area contributed by atoms with Crippen molar-refractivity contribution in [2.45, 2.75) is 4.90 Å². The molecule has 1 fully saturated rings. The van der Waals surface area contributed by atoms with Crippen LogP contribution in [0.15, 0.2) is 47.4 Å². The molecule has 10 nitrogen and oxygen atoms in total. The zero-order valence-corrected chi connectivity index (χ0v) is 15.4. The van der Waals surface area contributed by atoms with Gasteiger partial charge in [-0.3, -0.25) is 14.8 Å². The first-order chi connectivity index (χ1) is 13.3. The van der Waals surface area contributed by atoms with E-state index in [-0.39, 0.29) is 21.8 Å². The number of carboxylic acids is 1. The minimum Gasteiger partial charge on any atom is -0.478 e. The highest BCUT2D eigenvalue weighted by Crippen LogP contribution is 2.31. The number of rotatable bonds is 6. The molecule has 2 aromatic rings. The molecule has 3 rings (SSSR count). The molecular weight excluding hydrogens is 390 g/mol. The number of benzene rings is 2. The summed E-state index contributed by atoms with van der Waals surface area (Å²) in [6, 6.07) is 8.77. The molecular formula is C17H17N3O7S. The summed E-state index contributed by atoms with van der Waals surface area (Å²) >= 11 is 0. The Hall–Kier alpha value is -3.18. The number of morpholine rings is 1. The van der Waals surface area contributed by atoms with Crippen molar-refractivity contribution in [3.63, 3.8) is 0 Å². The van der Waals surface area contributed by atoms with Gasteiger partial charge in [0.1, 0.15) is 5.69 Å². The number of carboxylic acid groups (broad SMARTS) is 1. The number of carbonyl (C=O) groups is 1. The molecule has 148 valence electrons. The number of ether oxygens (including phenoxy) is 1. The summed E-state index contributed by atoms with van der Waals surface area (Å²) in [6.07, 6.45) is 0. The number of hydrogen-bond acceptors (Lipinski definition) is 7. The Balaban J connectivity index is 1.94. The van der Waals surface area contributed by atoms with Gasteiger partial charge in [-0.1, -0.05) is 0 Å². The summed E-state index contributed by atoms with van der Waals surface area (Å²) < 4.78 is 32.8. The van der Waals surface area contributed by atoms with E-state index < -0.39 is 20.9 Å². The van der Waals surface area contributed by atoms with Gasteiger partial charge in [-0.2, -0.15) is 0 Å². The molecule has 1 heterocycles. The highest BCUT2D eigenvalue weighted by molar-refractivity contribution is 7.92. The van der Waals surface area contributed by atoms with Gasteiger partial charge < -0.3 is 14.7 Å². The number of hydrogen-bond donors (Lipinski definition) is 2. The van der Waals surface area contributed by atoms with Gasteiger partial charge in [0.15, 0.2) is 0 Å². The van der Waals surface area contributed by atoms with Crippen molar-refractivity contribution in [1.29, 1.82) is 0 Å². The zero-order valence-electron chi connectivity index (χ0n) is 14.6. The lowest BCUT2D eigenvalue weighted by atomic mass is 10.2. The first kappa shape index (κ1) is 19.6. The number of nitrogens with zero attached hydrogens (tertiary/aromatic N) is 2. The fraction of sp³-hybridized carbons (Fsp3) is 0.235. The summed E-state index contributed by atoms with van der Waals surface area (Å²) in [6.45, 7) is 2.18. The Morgan fingerprint density at radius 3 is 2.36 bits per heavy atom. The van der Waals surface area contributed by atoms with E-state index in [0.29, 0.717) is 32.0 Å². The standard InChI is InChI=1S/C17H17N3O7S/c21-17(22)12-1-4-14(5-2-12)28(25,26)18-15-11-13(3-6-16(15)20(23)24)19-7-9-27-10-8-19/h1-6,11,18H,7-10H2,(H,21,22).